The van der Waals surface area contributed by atoms with Gasteiger partial charge in [0.25, 0.3) is 0 Å². The molecule has 1 rings (SSSR count). The average molecular weight is 233 g/mol. The fourth-order valence-electron chi connectivity index (χ4n) is 1.12. The fourth-order valence-corrected chi connectivity index (χ4v) is 1.69. The highest BCUT2D eigenvalue weighted by atomic mass is 31.2. The van der Waals surface area contributed by atoms with E-state index in [0.29, 0.717) is 0 Å². The molecular weight excluding hydrogens is 221 g/mol. The van der Waals surface area contributed by atoms with Gasteiger partial charge in [-0.3, -0.25) is 4.57 Å². The van der Waals surface area contributed by atoms with Crippen LogP contribution in [0.2, 0.25) is 0 Å². The highest BCUT2D eigenvalue weighted by molar-refractivity contribution is 7.52. The van der Waals surface area contributed by atoms with Crippen LogP contribution < -0.4 is 10.5 Å². The van der Waals surface area contributed by atoms with Crippen LogP contribution in [0.4, 0.5) is 0 Å². The average Bonchev–Trinajstić information content (AvgIpc) is 2.16. The quantitative estimate of drug-likeness (QED) is 0.566. The van der Waals surface area contributed by atoms with Gasteiger partial charge in [0, 0.05) is 5.56 Å². The first-order chi connectivity index (χ1) is 6.88. The van der Waals surface area contributed by atoms with Gasteiger partial charge in [-0.1, -0.05) is 12.1 Å². The number of aromatic hydroxyl groups is 1. The Bertz CT molecular complexity index is 402. The van der Waals surface area contributed by atoms with Gasteiger partial charge in [0.1, 0.15) is 5.78 Å². The van der Waals surface area contributed by atoms with E-state index < -0.39 is 13.4 Å². The summed E-state index contributed by atoms with van der Waals surface area (Å²) in [4.78, 5) is 17.7. The Morgan fingerprint density at radius 2 is 2.07 bits per heavy atom. The second kappa shape index (κ2) is 4.20. The van der Waals surface area contributed by atoms with Crippen molar-refractivity contribution in [2.45, 2.75) is 5.78 Å². The van der Waals surface area contributed by atoms with E-state index in [4.69, 9.17) is 20.3 Å². The lowest BCUT2D eigenvalue weighted by atomic mass is 10.2. The molecule has 0 saturated carbocycles. The Labute approximate surface area is 86.5 Å². The third kappa shape index (κ3) is 2.49. The lowest BCUT2D eigenvalue weighted by Crippen LogP contribution is -2.11. The summed E-state index contributed by atoms with van der Waals surface area (Å²) in [5, 5.41) is 9.57. The lowest BCUT2D eigenvalue weighted by molar-refractivity contribution is 0.351. The van der Waals surface area contributed by atoms with E-state index in [0.717, 1.165) is 0 Å². The van der Waals surface area contributed by atoms with E-state index >= 15 is 0 Å². The molecule has 0 spiro atoms. The number of rotatable bonds is 3. The van der Waals surface area contributed by atoms with Gasteiger partial charge in [-0.2, -0.15) is 0 Å². The molecule has 1 aromatic carbocycles. The maximum absolute atomic E-state index is 10.9. The van der Waals surface area contributed by atoms with Crippen molar-refractivity contribution in [3.63, 3.8) is 0 Å². The summed E-state index contributed by atoms with van der Waals surface area (Å²) in [7, 11) is -3.14. The van der Waals surface area contributed by atoms with Gasteiger partial charge < -0.3 is 25.4 Å². The zero-order chi connectivity index (χ0) is 11.6. The molecule has 0 fully saturated rings. The van der Waals surface area contributed by atoms with Crippen molar-refractivity contribution in [3.8, 4) is 11.5 Å². The summed E-state index contributed by atoms with van der Waals surface area (Å²) in [6.07, 6.45) is 0. The van der Waals surface area contributed by atoms with Crippen molar-refractivity contribution in [1.82, 2.24) is 0 Å². The van der Waals surface area contributed by atoms with Gasteiger partial charge in [-0.05, 0) is 6.07 Å². The van der Waals surface area contributed by atoms with Crippen LogP contribution in [0, 0.1) is 0 Å². The number of phenols is 1. The standard InChI is InChI=1S/C8H12NO5P/c1-14-6-4-2-3-5(7(6)10)8(9)15(11,12)13/h2-4,8,10H,9H2,1H3,(H2,11,12,13). The van der Waals surface area contributed by atoms with E-state index in [1.54, 1.807) is 0 Å². The summed E-state index contributed by atoms with van der Waals surface area (Å²) in [6.45, 7) is 0. The fraction of sp³-hybridized carbons (Fsp3) is 0.250. The molecule has 0 aliphatic carbocycles. The molecule has 0 amide bonds. The lowest BCUT2D eigenvalue weighted by Gasteiger charge is -2.16. The minimum absolute atomic E-state index is 0.0392. The number of hydrogen-bond acceptors (Lipinski definition) is 4. The van der Waals surface area contributed by atoms with Crippen LogP contribution in [0.3, 0.4) is 0 Å². The highest BCUT2D eigenvalue weighted by Crippen LogP contribution is 2.51. The van der Waals surface area contributed by atoms with Gasteiger partial charge in [0.15, 0.2) is 11.5 Å². The summed E-state index contributed by atoms with van der Waals surface area (Å²) in [5.41, 5.74) is 5.28. The molecule has 15 heavy (non-hydrogen) atoms. The van der Waals surface area contributed by atoms with E-state index in [1.165, 1.54) is 25.3 Å². The third-order valence-electron chi connectivity index (χ3n) is 1.93. The smallest absolute Gasteiger partial charge is 0.346 e. The van der Waals surface area contributed by atoms with Crippen molar-refractivity contribution in [2.75, 3.05) is 7.11 Å². The minimum atomic E-state index is -4.47. The number of methoxy groups -OCH3 is 1. The van der Waals surface area contributed by atoms with Gasteiger partial charge in [0.05, 0.1) is 7.11 Å². The molecule has 7 heteroatoms. The predicted octanol–water partition coefficient (Wildman–Crippen LogP) is 0.536. The van der Waals surface area contributed by atoms with Gasteiger partial charge in [-0.15, -0.1) is 0 Å². The Kier molecular flexibility index (Phi) is 3.36. The largest absolute Gasteiger partial charge is 0.504 e. The Morgan fingerprint density at radius 1 is 1.47 bits per heavy atom. The number of nitrogens with two attached hydrogens (primary N) is 1. The molecular formula is C8H12NO5P. The third-order valence-corrected chi connectivity index (χ3v) is 2.93. The summed E-state index contributed by atoms with van der Waals surface area (Å²) < 4.78 is 15.7. The second-order valence-electron chi connectivity index (χ2n) is 2.93. The van der Waals surface area contributed by atoms with E-state index in [-0.39, 0.29) is 17.1 Å². The Morgan fingerprint density at radius 3 is 2.53 bits per heavy atom. The molecule has 0 bridgehead atoms. The van der Waals surface area contributed by atoms with E-state index in [2.05, 4.69) is 0 Å². The van der Waals surface area contributed by atoms with E-state index in [1.807, 2.05) is 0 Å². The molecule has 0 radical (unpaired) electrons. The molecule has 1 aromatic rings. The maximum Gasteiger partial charge on any atom is 0.346 e. The van der Waals surface area contributed by atoms with Crippen molar-refractivity contribution < 1.29 is 24.2 Å². The zero-order valence-corrected chi connectivity index (χ0v) is 8.89. The first-order valence-corrected chi connectivity index (χ1v) is 5.72. The van der Waals surface area contributed by atoms with Gasteiger partial charge in [-0.25, -0.2) is 0 Å². The molecule has 0 saturated heterocycles. The van der Waals surface area contributed by atoms with Crippen LogP contribution in [0.15, 0.2) is 18.2 Å². The van der Waals surface area contributed by atoms with Crippen molar-refractivity contribution in [3.05, 3.63) is 23.8 Å². The Hall–Kier alpha value is -1.07. The normalized spacial score (nSPS) is 13.6. The van der Waals surface area contributed by atoms with Crippen LogP contribution in [-0.2, 0) is 4.57 Å². The molecule has 0 aliphatic heterocycles. The molecule has 84 valence electrons. The van der Waals surface area contributed by atoms with Crippen LogP contribution in [0.1, 0.15) is 11.3 Å². The number of ether oxygens (including phenoxy) is 1. The van der Waals surface area contributed by atoms with Crippen molar-refractivity contribution >= 4 is 7.60 Å². The second-order valence-corrected chi connectivity index (χ2v) is 4.67. The highest BCUT2D eigenvalue weighted by Gasteiger charge is 2.29. The van der Waals surface area contributed by atoms with Crippen molar-refractivity contribution in [2.24, 2.45) is 5.73 Å². The molecule has 1 unspecified atom stereocenters. The topological polar surface area (TPSA) is 113 Å². The number of hydrogen-bond donors (Lipinski definition) is 4. The summed E-state index contributed by atoms with van der Waals surface area (Å²) >= 11 is 0. The van der Waals surface area contributed by atoms with Crippen molar-refractivity contribution in [1.29, 1.82) is 0 Å². The minimum Gasteiger partial charge on any atom is -0.504 e. The maximum atomic E-state index is 10.9. The number of para-hydroxylation sites is 1. The number of benzene rings is 1. The monoisotopic (exact) mass is 233 g/mol. The predicted molar refractivity (Wildman–Crippen MR) is 53.6 cm³/mol. The zero-order valence-electron chi connectivity index (χ0n) is 7.99. The molecule has 5 N–H and O–H groups in total. The molecule has 6 nitrogen and oxygen atoms in total. The Balaban J connectivity index is 3.21. The first kappa shape index (κ1) is 12.0. The van der Waals surface area contributed by atoms with Gasteiger partial charge in [0.2, 0.25) is 0 Å². The van der Waals surface area contributed by atoms with Crippen LogP contribution >= 0.6 is 7.60 Å². The van der Waals surface area contributed by atoms with Crippen LogP contribution in [0.5, 0.6) is 11.5 Å². The van der Waals surface area contributed by atoms with E-state index in [9.17, 15) is 9.67 Å². The number of phenolic OH excluding ortho intramolecular Hbond substituents is 1. The first-order valence-electron chi connectivity index (χ1n) is 4.04. The summed E-state index contributed by atoms with van der Waals surface area (Å²) in [5.74, 6) is -1.78. The van der Waals surface area contributed by atoms with Gasteiger partial charge >= 0.3 is 7.60 Å². The van der Waals surface area contributed by atoms with Crippen LogP contribution in [0.25, 0.3) is 0 Å². The molecule has 0 aromatic heterocycles. The molecule has 1 atom stereocenters. The van der Waals surface area contributed by atoms with Crippen LogP contribution in [-0.4, -0.2) is 22.0 Å². The molecule has 0 aliphatic rings. The summed E-state index contributed by atoms with van der Waals surface area (Å²) in [6, 6.07) is 4.29. The SMILES string of the molecule is COc1cccc(C(N)P(=O)(O)O)c1O. The molecule has 0 heterocycles.